The maximum atomic E-state index is 13.0. The quantitative estimate of drug-likeness (QED) is 0.670. The van der Waals surface area contributed by atoms with Crippen molar-refractivity contribution in [1.29, 1.82) is 0 Å². The Bertz CT molecular complexity index is 880. The normalized spacial score (nSPS) is 16.1. The fourth-order valence-electron chi connectivity index (χ4n) is 3.94. The number of hydrogen-bond acceptors (Lipinski definition) is 5. The molecular formula is C24H33N3O4. The van der Waals surface area contributed by atoms with Crippen LogP contribution in [0.3, 0.4) is 0 Å². The van der Waals surface area contributed by atoms with Crippen LogP contribution in [0.2, 0.25) is 0 Å². The Labute approximate surface area is 184 Å². The Balaban J connectivity index is 1.61. The van der Waals surface area contributed by atoms with Crippen LogP contribution in [-0.2, 0) is 4.74 Å². The zero-order chi connectivity index (χ0) is 22.6. The monoisotopic (exact) mass is 427 g/mol. The van der Waals surface area contributed by atoms with E-state index < -0.39 is 5.60 Å². The molecule has 0 saturated carbocycles. The minimum absolute atomic E-state index is 0.0223. The molecule has 2 heterocycles. The Morgan fingerprint density at radius 1 is 1.23 bits per heavy atom. The predicted molar refractivity (Wildman–Crippen MR) is 118 cm³/mol. The first kappa shape index (κ1) is 22.8. The summed E-state index contributed by atoms with van der Waals surface area (Å²) in [7, 11) is 1.80. The van der Waals surface area contributed by atoms with E-state index in [1.165, 1.54) is 6.26 Å². The summed E-state index contributed by atoms with van der Waals surface area (Å²) < 4.78 is 11.1. The summed E-state index contributed by atoms with van der Waals surface area (Å²) in [6.07, 6.45) is 3.42. The smallest absolute Gasteiger partial charge is 0.410 e. The van der Waals surface area contributed by atoms with Crippen molar-refractivity contribution in [2.24, 2.45) is 0 Å². The summed E-state index contributed by atoms with van der Waals surface area (Å²) in [6.45, 7) is 8.81. The Kier molecular flexibility index (Phi) is 7.03. The van der Waals surface area contributed by atoms with E-state index >= 15 is 0 Å². The second kappa shape index (κ2) is 9.54. The van der Waals surface area contributed by atoms with Crippen LogP contribution >= 0.6 is 0 Å². The average molecular weight is 428 g/mol. The van der Waals surface area contributed by atoms with Crippen LogP contribution in [0.15, 0.2) is 41.0 Å². The van der Waals surface area contributed by atoms with E-state index in [-0.39, 0.29) is 24.0 Å². The van der Waals surface area contributed by atoms with Crippen LogP contribution in [0.25, 0.3) is 0 Å². The van der Waals surface area contributed by atoms with E-state index in [9.17, 15) is 9.59 Å². The minimum Gasteiger partial charge on any atom is -0.448 e. The fourth-order valence-corrected chi connectivity index (χ4v) is 3.94. The largest absolute Gasteiger partial charge is 0.448 e. The molecule has 0 unspecified atom stereocenters. The van der Waals surface area contributed by atoms with E-state index in [2.05, 4.69) is 11.9 Å². The molecule has 168 valence electrons. The Hall–Kier alpha value is -2.83. The molecule has 2 aromatic rings. The molecule has 2 amide bonds. The summed E-state index contributed by atoms with van der Waals surface area (Å²) in [5, 5.41) is 0. The molecule has 0 radical (unpaired) electrons. The van der Waals surface area contributed by atoms with Gasteiger partial charge in [-0.1, -0.05) is 37.3 Å². The summed E-state index contributed by atoms with van der Waals surface area (Å²) in [4.78, 5) is 33.2. The van der Waals surface area contributed by atoms with Crippen LogP contribution in [-0.4, -0.2) is 52.5 Å². The Morgan fingerprint density at radius 2 is 1.87 bits per heavy atom. The molecule has 1 aromatic heterocycles. The van der Waals surface area contributed by atoms with Crippen molar-refractivity contribution in [1.82, 2.24) is 14.8 Å². The number of likely N-dealkylation sites (tertiary alicyclic amines) is 1. The molecule has 7 heteroatoms. The third kappa shape index (κ3) is 5.66. The fraction of sp³-hybridized carbons (Fsp3) is 0.542. The molecule has 0 spiro atoms. The highest BCUT2D eigenvalue weighted by atomic mass is 16.6. The number of piperidine rings is 1. The molecule has 7 nitrogen and oxygen atoms in total. The van der Waals surface area contributed by atoms with Crippen LogP contribution in [0.5, 0.6) is 0 Å². The van der Waals surface area contributed by atoms with Crippen molar-refractivity contribution < 1.29 is 18.7 Å². The summed E-state index contributed by atoms with van der Waals surface area (Å²) in [5.74, 6) is 0.492. The highest BCUT2D eigenvalue weighted by molar-refractivity contribution is 5.92. The van der Waals surface area contributed by atoms with Gasteiger partial charge >= 0.3 is 6.09 Å². The number of hydrogen-bond donors (Lipinski definition) is 0. The number of ether oxygens (including phenoxy) is 1. The van der Waals surface area contributed by atoms with Crippen molar-refractivity contribution in [3.8, 4) is 0 Å². The van der Waals surface area contributed by atoms with Crippen LogP contribution < -0.4 is 0 Å². The average Bonchev–Trinajstić information content (AvgIpc) is 3.23. The molecule has 1 fully saturated rings. The minimum atomic E-state index is -0.506. The predicted octanol–water partition coefficient (Wildman–Crippen LogP) is 5.01. The van der Waals surface area contributed by atoms with Gasteiger partial charge in [-0.15, -0.1) is 0 Å². The van der Waals surface area contributed by atoms with E-state index in [0.29, 0.717) is 24.7 Å². The molecule has 0 aliphatic carbocycles. The zero-order valence-corrected chi connectivity index (χ0v) is 19.1. The third-order valence-corrected chi connectivity index (χ3v) is 5.60. The molecule has 1 aliphatic rings. The maximum Gasteiger partial charge on any atom is 0.410 e. The molecule has 1 aliphatic heterocycles. The highest BCUT2D eigenvalue weighted by Crippen LogP contribution is 2.29. The van der Waals surface area contributed by atoms with Crippen molar-refractivity contribution in [2.45, 2.75) is 64.5 Å². The van der Waals surface area contributed by atoms with Gasteiger partial charge in [0.05, 0.1) is 6.04 Å². The lowest BCUT2D eigenvalue weighted by atomic mass is 9.97. The lowest BCUT2D eigenvalue weighted by molar-refractivity contribution is 0.0199. The van der Waals surface area contributed by atoms with E-state index in [1.807, 2.05) is 51.1 Å². The summed E-state index contributed by atoms with van der Waals surface area (Å²) >= 11 is 0. The summed E-state index contributed by atoms with van der Waals surface area (Å²) in [5.41, 5.74) is 0.911. The maximum absolute atomic E-state index is 13.0. The van der Waals surface area contributed by atoms with Gasteiger partial charge in [-0.05, 0) is 45.6 Å². The number of amides is 2. The lowest BCUT2D eigenvalue weighted by Crippen LogP contribution is -2.41. The van der Waals surface area contributed by atoms with E-state index in [4.69, 9.17) is 9.15 Å². The van der Waals surface area contributed by atoms with Crippen molar-refractivity contribution in [3.63, 3.8) is 0 Å². The number of oxazole rings is 1. The van der Waals surface area contributed by atoms with Gasteiger partial charge in [0, 0.05) is 26.1 Å². The number of aromatic nitrogens is 1. The second-order valence-corrected chi connectivity index (χ2v) is 9.06. The van der Waals surface area contributed by atoms with Gasteiger partial charge in [0.25, 0.3) is 5.91 Å². The van der Waals surface area contributed by atoms with Gasteiger partial charge in [-0.3, -0.25) is 4.79 Å². The van der Waals surface area contributed by atoms with Crippen molar-refractivity contribution in [2.75, 3.05) is 20.1 Å². The molecule has 3 rings (SSSR count). The molecule has 1 saturated heterocycles. The molecule has 1 aromatic carbocycles. The zero-order valence-electron chi connectivity index (χ0n) is 19.1. The van der Waals surface area contributed by atoms with E-state index in [1.54, 1.807) is 16.8 Å². The molecule has 0 N–H and O–H groups in total. The van der Waals surface area contributed by atoms with Crippen molar-refractivity contribution >= 4 is 12.0 Å². The van der Waals surface area contributed by atoms with Crippen LogP contribution in [0.1, 0.15) is 80.9 Å². The lowest BCUT2D eigenvalue weighted by Gasteiger charge is -2.32. The van der Waals surface area contributed by atoms with E-state index in [0.717, 1.165) is 24.8 Å². The molecule has 31 heavy (non-hydrogen) atoms. The topological polar surface area (TPSA) is 75.9 Å². The molecular weight excluding hydrogens is 394 g/mol. The number of carbonyl (C=O) groups is 2. The first-order chi connectivity index (χ1) is 14.7. The van der Waals surface area contributed by atoms with Gasteiger partial charge in [0.2, 0.25) is 0 Å². The van der Waals surface area contributed by atoms with Gasteiger partial charge < -0.3 is 19.0 Å². The van der Waals surface area contributed by atoms with Gasteiger partial charge in [-0.25, -0.2) is 9.78 Å². The second-order valence-electron chi connectivity index (χ2n) is 9.06. The first-order valence-electron chi connectivity index (χ1n) is 10.9. The van der Waals surface area contributed by atoms with Crippen LogP contribution in [0, 0.1) is 0 Å². The standard InChI is InChI=1S/C24H33N3O4/c1-6-20(17-10-8-7-9-11-17)26(5)22(28)19-16-30-21(25-19)18-12-14-27(15-13-18)23(29)31-24(2,3)4/h7-11,16,18,20H,6,12-15H2,1-5H3/t20-/m1/s1. The van der Waals surface area contributed by atoms with Gasteiger partial charge in [-0.2, -0.15) is 0 Å². The van der Waals surface area contributed by atoms with Gasteiger partial charge in [0.15, 0.2) is 11.6 Å². The van der Waals surface area contributed by atoms with Gasteiger partial charge in [0.1, 0.15) is 11.9 Å². The number of benzene rings is 1. The number of nitrogens with zero attached hydrogens (tertiary/aromatic N) is 3. The summed E-state index contributed by atoms with van der Waals surface area (Å²) in [6, 6.07) is 9.97. The molecule has 0 bridgehead atoms. The molecule has 1 atom stereocenters. The number of carbonyl (C=O) groups excluding carboxylic acids is 2. The third-order valence-electron chi connectivity index (χ3n) is 5.60. The van der Waals surface area contributed by atoms with Crippen LogP contribution in [0.4, 0.5) is 4.79 Å². The SMILES string of the molecule is CC[C@H](c1ccccc1)N(C)C(=O)c1coc(C2CCN(C(=O)OC(C)(C)C)CC2)n1. The Morgan fingerprint density at radius 3 is 2.45 bits per heavy atom. The van der Waals surface area contributed by atoms with Crippen molar-refractivity contribution in [3.05, 3.63) is 53.7 Å². The number of rotatable bonds is 5. The first-order valence-corrected chi connectivity index (χ1v) is 10.9. The highest BCUT2D eigenvalue weighted by Gasteiger charge is 2.31.